The molecule has 1 heterocycles. The van der Waals surface area contributed by atoms with Crippen molar-refractivity contribution in [3.05, 3.63) is 18.2 Å². The van der Waals surface area contributed by atoms with Crippen LogP contribution in [-0.2, 0) is 6.54 Å². The van der Waals surface area contributed by atoms with Gasteiger partial charge in [-0.05, 0) is 28.6 Å². The molecule has 7 nitrogen and oxygen atoms in total. The molecule has 0 bridgehead atoms. The zero-order valence-electron chi connectivity index (χ0n) is 9.99. The summed E-state index contributed by atoms with van der Waals surface area (Å²) in [6, 6.07) is 7.33. The van der Waals surface area contributed by atoms with Crippen LogP contribution >= 0.6 is 0 Å². The number of nitriles is 1. The van der Waals surface area contributed by atoms with Crippen molar-refractivity contribution in [2.75, 3.05) is 14.2 Å². The molecule has 0 amide bonds. The Hall–Kier alpha value is -2.62. The van der Waals surface area contributed by atoms with Gasteiger partial charge in [-0.25, -0.2) is 4.68 Å². The number of tetrazole rings is 1. The zero-order chi connectivity index (χ0) is 13.0. The lowest BCUT2D eigenvalue weighted by atomic mass is 10.2. The summed E-state index contributed by atoms with van der Waals surface area (Å²) in [5.41, 5.74) is 0.757. The predicted octanol–water partition coefficient (Wildman–Crippen LogP) is 0.881. The lowest BCUT2D eigenvalue weighted by molar-refractivity contribution is 0.355. The Morgan fingerprint density at radius 2 is 2.06 bits per heavy atom. The first-order valence-corrected chi connectivity index (χ1v) is 5.15. The third kappa shape index (κ3) is 2.08. The van der Waals surface area contributed by atoms with E-state index in [0.29, 0.717) is 17.3 Å². The largest absolute Gasteiger partial charge is 0.493 e. The van der Waals surface area contributed by atoms with Gasteiger partial charge in [-0.3, -0.25) is 0 Å². The SMILES string of the molecule is COc1ccc(-c2nnnn2CC#N)cc1OC. The van der Waals surface area contributed by atoms with Gasteiger partial charge in [0.05, 0.1) is 20.3 Å². The monoisotopic (exact) mass is 245 g/mol. The molecule has 0 saturated carbocycles. The lowest BCUT2D eigenvalue weighted by Crippen LogP contribution is -2.01. The summed E-state index contributed by atoms with van der Waals surface area (Å²) in [4.78, 5) is 0. The maximum absolute atomic E-state index is 8.68. The van der Waals surface area contributed by atoms with Crippen molar-refractivity contribution < 1.29 is 9.47 Å². The summed E-state index contributed by atoms with van der Waals surface area (Å²) in [6.45, 7) is 0.0939. The topological polar surface area (TPSA) is 85.9 Å². The van der Waals surface area contributed by atoms with Crippen LogP contribution in [0.1, 0.15) is 0 Å². The number of benzene rings is 1. The van der Waals surface area contributed by atoms with Crippen molar-refractivity contribution >= 4 is 0 Å². The van der Waals surface area contributed by atoms with Crippen LogP contribution in [0.15, 0.2) is 18.2 Å². The Morgan fingerprint density at radius 3 is 2.72 bits per heavy atom. The van der Waals surface area contributed by atoms with Crippen molar-refractivity contribution in [1.29, 1.82) is 5.26 Å². The first-order valence-electron chi connectivity index (χ1n) is 5.15. The number of ether oxygens (including phenoxy) is 2. The standard InChI is InChI=1S/C11H11N5O2/c1-17-9-4-3-8(7-10(9)18-2)11-13-14-15-16(11)6-5-12/h3-4,7H,6H2,1-2H3. The zero-order valence-corrected chi connectivity index (χ0v) is 9.99. The van der Waals surface area contributed by atoms with Crippen LogP contribution in [0.5, 0.6) is 11.5 Å². The normalized spacial score (nSPS) is 9.83. The van der Waals surface area contributed by atoms with E-state index in [9.17, 15) is 0 Å². The molecule has 0 aliphatic heterocycles. The van der Waals surface area contributed by atoms with E-state index in [0.717, 1.165) is 5.56 Å². The van der Waals surface area contributed by atoms with E-state index >= 15 is 0 Å². The highest BCUT2D eigenvalue weighted by Crippen LogP contribution is 2.31. The fraction of sp³-hybridized carbons (Fsp3) is 0.273. The molecular weight excluding hydrogens is 234 g/mol. The molecule has 0 unspecified atom stereocenters. The lowest BCUT2D eigenvalue weighted by Gasteiger charge is -2.08. The van der Waals surface area contributed by atoms with Gasteiger partial charge < -0.3 is 9.47 Å². The van der Waals surface area contributed by atoms with Crippen LogP contribution < -0.4 is 9.47 Å². The van der Waals surface area contributed by atoms with E-state index in [1.807, 2.05) is 6.07 Å². The van der Waals surface area contributed by atoms with E-state index < -0.39 is 0 Å². The third-order valence-electron chi connectivity index (χ3n) is 2.39. The molecule has 0 aliphatic carbocycles. The first-order chi connectivity index (χ1) is 8.80. The maximum Gasteiger partial charge on any atom is 0.183 e. The summed E-state index contributed by atoms with van der Waals surface area (Å²) in [5.74, 6) is 1.72. The maximum atomic E-state index is 8.68. The minimum Gasteiger partial charge on any atom is -0.493 e. The Bertz CT molecular complexity index is 587. The van der Waals surface area contributed by atoms with Crippen molar-refractivity contribution in [3.63, 3.8) is 0 Å². The van der Waals surface area contributed by atoms with Crippen LogP contribution in [0.2, 0.25) is 0 Å². The number of hydrogen-bond acceptors (Lipinski definition) is 6. The second-order valence-electron chi connectivity index (χ2n) is 3.39. The molecule has 1 aromatic carbocycles. The van der Waals surface area contributed by atoms with Crippen molar-refractivity contribution in [2.45, 2.75) is 6.54 Å². The summed E-state index contributed by atoms with van der Waals surface area (Å²) in [6.07, 6.45) is 0. The highest BCUT2D eigenvalue weighted by Gasteiger charge is 2.12. The third-order valence-corrected chi connectivity index (χ3v) is 2.39. The van der Waals surface area contributed by atoms with Crippen LogP contribution in [0.25, 0.3) is 11.4 Å². The molecule has 2 aromatic rings. The first kappa shape index (κ1) is 11.9. The van der Waals surface area contributed by atoms with E-state index in [4.69, 9.17) is 14.7 Å². The quantitative estimate of drug-likeness (QED) is 0.794. The van der Waals surface area contributed by atoms with Gasteiger partial charge >= 0.3 is 0 Å². The number of aromatic nitrogens is 4. The van der Waals surface area contributed by atoms with Gasteiger partial charge in [0, 0.05) is 5.56 Å². The van der Waals surface area contributed by atoms with Crippen molar-refractivity contribution in [2.24, 2.45) is 0 Å². The number of rotatable bonds is 4. The summed E-state index contributed by atoms with van der Waals surface area (Å²) >= 11 is 0. The smallest absolute Gasteiger partial charge is 0.183 e. The van der Waals surface area contributed by atoms with Gasteiger partial charge in [0.2, 0.25) is 0 Å². The second kappa shape index (κ2) is 5.14. The van der Waals surface area contributed by atoms with E-state index in [1.165, 1.54) is 4.68 Å². The fourth-order valence-corrected chi connectivity index (χ4v) is 1.56. The Balaban J connectivity index is 2.45. The minimum atomic E-state index is 0.0939. The summed E-state index contributed by atoms with van der Waals surface area (Å²) in [7, 11) is 3.12. The van der Waals surface area contributed by atoms with Gasteiger partial charge in [0.15, 0.2) is 17.3 Å². The van der Waals surface area contributed by atoms with Crippen molar-refractivity contribution in [1.82, 2.24) is 20.2 Å². The molecule has 1 aromatic heterocycles. The van der Waals surface area contributed by atoms with Gasteiger partial charge in [-0.15, -0.1) is 5.10 Å². The van der Waals surface area contributed by atoms with Gasteiger partial charge in [0.25, 0.3) is 0 Å². The molecule has 0 saturated heterocycles. The summed E-state index contributed by atoms with van der Waals surface area (Å²) < 4.78 is 11.8. The fourth-order valence-electron chi connectivity index (χ4n) is 1.56. The van der Waals surface area contributed by atoms with Crippen LogP contribution in [0.4, 0.5) is 0 Å². The molecule has 0 spiro atoms. The molecule has 0 radical (unpaired) electrons. The average molecular weight is 245 g/mol. The molecule has 0 aliphatic rings. The van der Waals surface area contributed by atoms with Gasteiger partial charge in [-0.1, -0.05) is 0 Å². The molecule has 18 heavy (non-hydrogen) atoms. The van der Waals surface area contributed by atoms with E-state index in [-0.39, 0.29) is 6.54 Å². The average Bonchev–Trinajstić information content (AvgIpc) is 2.86. The molecule has 0 atom stereocenters. The molecular formula is C11H11N5O2. The highest BCUT2D eigenvalue weighted by atomic mass is 16.5. The number of methoxy groups -OCH3 is 2. The predicted molar refractivity (Wildman–Crippen MR) is 62.0 cm³/mol. The summed E-state index contributed by atoms with van der Waals surface area (Å²) in [5, 5.41) is 19.9. The minimum absolute atomic E-state index is 0.0939. The van der Waals surface area contributed by atoms with E-state index in [2.05, 4.69) is 15.5 Å². The molecule has 92 valence electrons. The number of hydrogen-bond donors (Lipinski definition) is 0. The second-order valence-corrected chi connectivity index (χ2v) is 3.39. The van der Waals surface area contributed by atoms with Crippen LogP contribution in [0, 0.1) is 11.3 Å². The highest BCUT2D eigenvalue weighted by molar-refractivity contribution is 5.60. The molecule has 0 N–H and O–H groups in total. The van der Waals surface area contributed by atoms with Crippen LogP contribution in [-0.4, -0.2) is 34.4 Å². The Kier molecular flexibility index (Phi) is 3.38. The van der Waals surface area contributed by atoms with Crippen molar-refractivity contribution in [3.8, 4) is 29.0 Å². The Labute approximate surface area is 104 Å². The molecule has 2 rings (SSSR count). The van der Waals surface area contributed by atoms with Crippen LogP contribution in [0.3, 0.4) is 0 Å². The molecule has 0 fully saturated rings. The van der Waals surface area contributed by atoms with Gasteiger partial charge in [-0.2, -0.15) is 5.26 Å². The number of nitrogens with zero attached hydrogens (tertiary/aromatic N) is 5. The Morgan fingerprint density at radius 1 is 1.28 bits per heavy atom. The molecule has 7 heteroatoms. The van der Waals surface area contributed by atoms with Gasteiger partial charge in [0.1, 0.15) is 6.54 Å². The van der Waals surface area contributed by atoms with E-state index in [1.54, 1.807) is 32.4 Å².